The second-order valence-corrected chi connectivity index (χ2v) is 4.64. The maximum absolute atomic E-state index is 5.77. The Bertz CT molecular complexity index is 522. The van der Waals surface area contributed by atoms with E-state index in [1.54, 1.807) is 7.11 Å². The van der Waals surface area contributed by atoms with E-state index in [0.29, 0.717) is 11.7 Å². The molecule has 1 aromatic carbocycles. The third-order valence-electron chi connectivity index (χ3n) is 2.64. The first kappa shape index (κ1) is 11.9. The molecule has 0 fully saturated rings. The maximum Gasteiger partial charge on any atom is 0.165 e. The Balaban J connectivity index is 2.51. The maximum atomic E-state index is 5.77. The van der Waals surface area contributed by atoms with Crippen LogP contribution in [0.15, 0.2) is 18.2 Å². The van der Waals surface area contributed by atoms with E-state index in [1.165, 1.54) is 0 Å². The number of ether oxygens (including phenoxy) is 1. The van der Waals surface area contributed by atoms with Crippen molar-refractivity contribution in [1.82, 2.24) is 8.75 Å². The highest BCUT2D eigenvalue weighted by molar-refractivity contribution is 6.99. The lowest BCUT2D eigenvalue weighted by atomic mass is 9.98. The van der Waals surface area contributed by atoms with E-state index in [0.717, 1.165) is 34.3 Å². The molecular weight excluding hydrogens is 234 g/mol. The fraction of sp³-hybridized carbons (Fsp3) is 0.333. The fourth-order valence-corrected chi connectivity index (χ4v) is 2.22. The van der Waals surface area contributed by atoms with Crippen molar-refractivity contribution in [3.05, 3.63) is 23.8 Å². The molecule has 0 saturated carbocycles. The van der Waals surface area contributed by atoms with Gasteiger partial charge in [0, 0.05) is 5.56 Å². The molecular formula is C12H15N3OS. The van der Waals surface area contributed by atoms with E-state index in [-0.39, 0.29) is 0 Å². The second kappa shape index (κ2) is 4.71. The summed E-state index contributed by atoms with van der Waals surface area (Å²) in [6, 6.07) is 5.97. The van der Waals surface area contributed by atoms with Crippen LogP contribution in [0.3, 0.4) is 0 Å². The highest BCUT2D eigenvalue weighted by Crippen LogP contribution is 2.32. The molecule has 0 bridgehead atoms. The van der Waals surface area contributed by atoms with Gasteiger partial charge in [0.1, 0.15) is 11.4 Å². The molecule has 4 nitrogen and oxygen atoms in total. The van der Waals surface area contributed by atoms with Gasteiger partial charge in [-0.15, -0.1) is 0 Å². The summed E-state index contributed by atoms with van der Waals surface area (Å²) < 4.78 is 13.5. The average molecular weight is 249 g/mol. The van der Waals surface area contributed by atoms with E-state index < -0.39 is 0 Å². The summed E-state index contributed by atoms with van der Waals surface area (Å²) in [5, 5.41) is 0. The molecule has 0 aliphatic heterocycles. The predicted octanol–water partition coefficient (Wildman–Crippen LogP) is 2.92. The van der Waals surface area contributed by atoms with Gasteiger partial charge in [-0.3, -0.25) is 0 Å². The highest BCUT2D eigenvalue weighted by atomic mass is 32.1. The van der Waals surface area contributed by atoms with Crippen LogP contribution in [0, 0.1) is 0 Å². The number of aromatic nitrogens is 2. The number of anilines is 1. The monoisotopic (exact) mass is 249 g/mol. The Kier molecular flexibility index (Phi) is 3.28. The van der Waals surface area contributed by atoms with Crippen LogP contribution in [0.2, 0.25) is 0 Å². The number of hydrogen-bond acceptors (Lipinski definition) is 5. The number of hydrogen-bond donors (Lipinski definition) is 1. The topological polar surface area (TPSA) is 61.0 Å². The molecule has 1 aromatic heterocycles. The van der Waals surface area contributed by atoms with Crippen LogP contribution in [0.1, 0.15) is 25.3 Å². The van der Waals surface area contributed by atoms with Crippen molar-refractivity contribution in [2.45, 2.75) is 19.8 Å². The zero-order valence-corrected chi connectivity index (χ0v) is 10.9. The first-order valence-electron chi connectivity index (χ1n) is 5.39. The minimum atomic E-state index is 0.387. The van der Waals surface area contributed by atoms with Crippen LogP contribution in [0.5, 0.6) is 5.75 Å². The molecule has 0 spiro atoms. The van der Waals surface area contributed by atoms with Crippen LogP contribution in [0.4, 0.5) is 5.82 Å². The molecule has 17 heavy (non-hydrogen) atoms. The standard InChI is InChI=1S/C12H15N3OS/c1-7(2)9-6-8(4-5-10(9)16-3)11-12(13)15-17-14-11/h4-7H,1-3H3,(H2,13,15). The predicted molar refractivity (Wildman–Crippen MR) is 70.4 cm³/mol. The molecule has 0 unspecified atom stereocenters. The van der Waals surface area contributed by atoms with Crippen molar-refractivity contribution < 1.29 is 4.74 Å². The molecule has 1 heterocycles. The average Bonchev–Trinajstić information content (AvgIpc) is 2.74. The van der Waals surface area contributed by atoms with Gasteiger partial charge < -0.3 is 10.5 Å². The minimum Gasteiger partial charge on any atom is -0.496 e. The van der Waals surface area contributed by atoms with E-state index >= 15 is 0 Å². The van der Waals surface area contributed by atoms with Crippen molar-refractivity contribution in [2.75, 3.05) is 12.8 Å². The first-order valence-corrected chi connectivity index (χ1v) is 6.13. The first-order chi connectivity index (χ1) is 8.13. The van der Waals surface area contributed by atoms with Crippen molar-refractivity contribution in [3.63, 3.8) is 0 Å². The summed E-state index contributed by atoms with van der Waals surface area (Å²) in [5.74, 6) is 1.76. The van der Waals surface area contributed by atoms with Gasteiger partial charge in [0.05, 0.1) is 18.8 Å². The van der Waals surface area contributed by atoms with E-state index in [2.05, 4.69) is 28.7 Å². The Labute approximate surface area is 105 Å². The van der Waals surface area contributed by atoms with Crippen LogP contribution >= 0.6 is 11.7 Å². The lowest BCUT2D eigenvalue weighted by molar-refractivity contribution is 0.407. The number of nitrogens with two attached hydrogens (primary N) is 1. The molecule has 5 heteroatoms. The number of benzene rings is 1. The van der Waals surface area contributed by atoms with Gasteiger partial charge in [0.25, 0.3) is 0 Å². The van der Waals surface area contributed by atoms with Crippen LogP contribution < -0.4 is 10.5 Å². The Morgan fingerprint density at radius 3 is 2.59 bits per heavy atom. The van der Waals surface area contributed by atoms with Gasteiger partial charge in [-0.2, -0.15) is 8.75 Å². The summed E-state index contributed by atoms with van der Waals surface area (Å²) in [6.07, 6.45) is 0. The van der Waals surface area contributed by atoms with Crippen LogP contribution in [-0.4, -0.2) is 15.9 Å². The van der Waals surface area contributed by atoms with Crippen molar-refractivity contribution in [3.8, 4) is 17.0 Å². The van der Waals surface area contributed by atoms with Gasteiger partial charge in [-0.25, -0.2) is 0 Å². The quantitative estimate of drug-likeness (QED) is 0.908. The third kappa shape index (κ3) is 2.24. The number of rotatable bonds is 3. The molecule has 0 amide bonds. The summed E-state index contributed by atoms with van der Waals surface area (Å²) in [6.45, 7) is 4.26. The Hall–Kier alpha value is -1.62. The van der Waals surface area contributed by atoms with Gasteiger partial charge >= 0.3 is 0 Å². The van der Waals surface area contributed by atoms with Crippen molar-refractivity contribution in [1.29, 1.82) is 0 Å². The van der Waals surface area contributed by atoms with Crippen LogP contribution in [0.25, 0.3) is 11.3 Å². The normalized spacial score (nSPS) is 10.8. The van der Waals surface area contributed by atoms with Gasteiger partial charge in [0.15, 0.2) is 5.82 Å². The Morgan fingerprint density at radius 2 is 2.06 bits per heavy atom. The lowest BCUT2D eigenvalue weighted by Crippen LogP contribution is -1.96. The minimum absolute atomic E-state index is 0.387. The SMILES string of the molecule is COc1ccc(-c2nsnc2N)cc1C(C)C. The molecule has 2 N–H and O–H groups in total. The van der Waals surface area contributed by atoms with E-state index in [9.17, 15) is 0 Å². The lowest BCUT2D eigenvalue weighted by Gasteiger charge is -2.12. The molecule has 0 saturated heterocycles. The third-order valence-corrected chi connectivity index (χ3v) is 3.18. The van der Waals surface area contributed by atoms with Crippen molar-refractivity contribution >= 4 is 17.5 Å². The Morgan fingerprint density at radius 1 is 1.29 bits per heavy atom. The molecule has 90 valence electrons. The summed E-state index contributed by atoms with van der Waals surface area (Å²) in [4.78, 5) is 0. The molecule has 2 aromatic rings. The molecule has 0 aliphatic carbocycles. The zero-order valence-electron chi connectivity index (χ0n) is 10.1. The fourth-order valence-electron chi connectivity index (χ4n) is 1.73. The van der Waals surface area contributed by atoms with E-state index in [4.69, 9.17) is 10.5 Å². The van der Waals surface area contributed by atoms with Gasteiger partial charge in [0.2, 0.25) is 0 Å². The zero-order chi connectivity index (χ0) is 12.4. The number of nitrogens with zero attached hydrogens (tertiary/aromatic N) is 2. The summed E-state index contributed by atoms with van der Waals surface area (Å²) in [5.41, 5.74) is 8.66. The van der Waals surface area contributed by atoms with Crippen molar-refractivity contribution in [2.24, 2.45) is 0 Å². The summed E-state index contributed by atoms with van der Waals surface area (Å²) >= 11 is 1.13. The highest BCUT2D eigenvalue weighted by Gasteiger charge is 2.12. The largest absolute Gasteiger partial charge is 0.496 e. The van der Waals surface area contributed by atoms with Crippen LogP contribution in [-0.2, 0) is 0 Å². The van der Waals surface area contributed by atoms with E-state index in [1.807, 2.05) is 12.1 Å². The molecule has 0 radical (unpaired) electrons. The molecule has 0 aliphatic rings. The molecule has 2 rings (SSSR count). The summed E-state index contributed by atoms with van der Waals surface area (Å²) in [7, 11) is 1.68. The molecule has 0 atom stereocenters. The number of nitrogen functional groups attached to an aromatic ring is 1. The number of methoxy groups -OCH3 is 1. The van der Waals surface area contributed by atoms with Gasteiger partial charge in [-0.05, 0) is 29.7 Å². The van der Waals surface area contributed by atoms with Gasteiger partial charge in [-0.1, -0.05) is 13.8 Å². The second-order valence-electron chi connectivity index (χ2n) is 4.11. The smallest absolute Gasteiger partial charge is 0.165 e.